The summed E-state index contributed by atoms with van der Waals surface area (Å²) in [6, 6.07) is 10.6. The number of methoxy groups -OCH3 is 1. The van der Waals surface area contributed by atoms with Crippen LogP contribution in [0.25, 0.3) is 21.5 Å². The van der Waals surface area contributed by atoms with Crippen molar-refractivity contribution in [1.29, 1.82) is 0 Å². The molecule has 75 heavy (non-hydrogen) atoms. The van der Waals surface area contributed by atoms with Gasteiger partial charge in [0.1, 0.15) is 48.3 Å². The number of hydrogen-bond acceptors (Lipinski definition) is 16. The van der Waals surface area contributed by atoms with E-state index in [1.807, 2.05) is 64.4 Å². The van der Waals surface area contributed by atoms with Crippen molar-refractivity contribution in [3.8, 4) is 10.4 Å². The van der Waals surface area contributed by atoms with Crippen LogP contribution in [0.5, 0.6) is 0 Å². The number of nitrogens with one attached hydrogen (secondary N) is 3. The third kappa shape index (κ3) is 14.6. The average Bonchev–Trinajstić information content (AvgIpc) is 4.17. The molecule has 3 saturated heterocycles. The number of nitrogens with zero attached hydrogens (tertiary/aromatic N) is 10. The van der Waals surface area contributed by atoms with E-state index in [0.717, 1.165) is 117 Å². The quantitative estimate of drug-likeness (QED) is 0.0570. The third-order valence-corrected chi connectivity index (χ3v) is 15.6. The number of benzene rings is 1. The van der Waals surface area contributed by atoms with Crippen molar-refractivity contribution in [3.05, 3.63) is 71.4 Å². The average molecular weight is 1050 g/mol. The monoisotopic (exact) mass is 1050 g/mol. The van der Waals surface area contributed by atoms with Gasteiger partial charge < -0.3 is 54.3 Å². The molecule has 3 aliphatic rings. The molecule has 0 bridgehead atoms. The van der Waals surface area contributed by atoms with Crippen molar-refractivity contribution in [2.24, 2.45) is 5.41 Å². The molecule has 8 rings (SSSR count). The zero-order chi connectivity index (χ0) is 53.1. The van der Waals surface area contributed by atoms with Gasteiger partial charge in [-0.25, -0.2) is 19.9 Å². The largest absolute Gasteiger partial charge is 0.381 e. The van der Waals surface area contributed by atoms with E-state index in [0.29, 0.717) is 56.8 Å². The number of pyridine rings is 1. The molecular weight excluding hydrogens is 971 g/mol. The normalized spacial score (nSPS) is 18.0. The molecule has 3 N–H and O–H groups in total. The van der Waals surface area contributed by atoms with Crippen molar-refractivity contribution in [2.75, 3.05) is 96.0 Å². The number of imidazole rings is 1. The van der Waals surface area contributed by atoms with Gasteiger partial charge in [0.15, 0.2) is 0 Å². The number of amides is 3. The van der Waals surface area contributed by atoms with Gasteiger partial charge in [-0.3, -0.25) is 14.4 Å². The van der Waals surface area contributed by atoms with Crippen molar-refractivity contribution in [1.82, 2.24) is 54.8 Å². The lowest BCUT2D eigenvalue weighted by Crippen LogP contribution is -2.58. The standard InChI is InChI=1S/C55H79N13O6S/c1-37(2)68-45-32-47(61-46-17-20-56-54(62-46)66-24-18-42(72-8)19-25-66)57-33-43(45)60-48(68)34-73-30-10-21-64-26-28-65(29-27-64)22-11-31-74-35-49(69)63-51(55(5,6)7)53(71)67-23-9-12-44(67)52(70)59-38(3)40-13-15-41(16-14-40)50-39(4)58-36-75-50/h13-17,20,32-33,36-38,42,44,51H,9-12,18-19,21-31,34-35H2,1-8H3,(H,59,70)(H,63,69)(H,56,57,61,62). The highest BCUT2D eigenvalue weighted by atomic mass is 32.1. The number of hydrogen-bond donors (Lipinski definition) is 3. The molecule has 0 aliphatic carbocycles. The van der Waals surface area contributed by atoms with Gasteiger partial charge in [0.2, 0.25) is 23.7 Å². The molecular formula is C55H79N13O6S. The summed E-state index contributed by atoms with van der Waals surface area (Å²) in [7, 11) is 1.77. The maximum absolute atomic E-state index is 14.1. The number of fused-ring (bicyclic) bond motifs is 1. The molecule has 3 atom stereocenters. The van der Waals surface area contributed by atoms with Crippen LogP contribution in [0.3, 0.4) is 0 Å². The van der Waals surface area contributed by atoms with Crippen LogP contribution in [0.15, 0.2) is 54.3 Å². The summed E-state index contributed by atoms with van der Waals surface area (Å²) in [5, 5.41) is 9.48. The Morgan fingerprint density at radius 2 is 1.53 bits per heavy atom. The molecule has 0 saturated carbocycles. The van der Waals surface area contributed by atoms with Gasteiger partial charge in [-0.2, -0.15) is 4.98 Å². The lowest BCUT2D eigenvalue weighted by Gasteiger charge is -2.35. The minimum atomic E-state index is -0.808. The number of ether oxygens (including phenoxy) is 3. The first kappa shape index (κ1) is 55.6. The summed E-state index contributed by atoms with van der Waals surface area (Å²) in [5.74, 6) is 2.20. The van der Waals surface area contributed by atoms with Crippen molar-refractivity contribution < 1.29 is 28.6 Å². The van der Waals surface area contributed by atoms with Gasteiger partial charge in [0, 0.05) is 97.5 Å². The summed E-state index contributed by atoms with van der Waals surface area (Å²) < 4.78 is 19.8. The number of aryl methyl sites for hydroxylation is 1. The number of piperidine rings is 1. The molecule has 19 nitrogen and oxygen atoms in total. The highest BCUT2D eigenvalue weighted by Gasteiger charge is 2.42. The Morgan fingerprint density at radius 1 is 0.827 bits per heavy atom. The van der Waals surface area contributed by atoms with E-state index in [1.54, 1.807) is 35.7 Å². The first-order chi connectivity index (χ1) is 36.1. The Labute approximate surface area is 446 Å². The molecule has 0 spiro atoms. The summed E-state index contributed by atoms with van der Waals surface area (Å²) >= 11 is 1.61. The Bertz CT molecular complexity index is 2660. The fourth-order valence-corrected chi connectivity index (χ4v) is 11.2. The van der Waals surface area contributed by atoms with E-state index in [2.05, 4.69) is 76.1 Å². The number of thiazole rings is 1. The van der Waals surface area contributed by atoms with Gasteiger partial charge in [-0.05, 0) is 88.8 Å². The Hall–Kier alpha value is -5.64. The van der Waals surface area contributed by atoms with Crippen LogP contribution in [-0.4, -0.2) is 166 Å². The fourth-order valence-electron chi connectivity index (χ4n) is 10.3. The zero-order valence-corrected chi connectivity index (χ0v) is 46.2. The summed E-state index contributed by atoms with van der Waals surface area (Å²) in [6.45, 7) is 23.4. The second-order valence-electron chi connectivity index (χ2n) is 21.5. The zero-order valence-electron chi connectivity index (χ0n) is 45.3. The minimum Gasteiger partial charge on any atom is -0.381 e. The number of aromatic nitrogens is 6. The molecule has 3 fully saturated rings. The highest BCUT2D eigenvalue weighted by Crippen LogP contribution is 2.31. The molecule has 3 aliphatic heterocycles. The van der Waals surface area contributed by atoms with E-state index in [-0.39, 0.29) is 42.5 Å². The highest BCUT2D eigenvalue weighted by molar-refractivity contribution is 7.13. The molecule has 20 heteroatoms. The number of carbonyl (C=O) groups is 3. The van der Waals surface area contributed by atoms with Crippen LogP contribution in [0, 0.1) is 12.3 Å². The first-order valence-corrected chi connectivity index (χ1v) is 27.8. The van der Waals surface area contributed by atoms with Crippen LogP contribution in [0.1, 0.15) is 109 Å². The Balaban J connectivity index is 0.704. The van der Waals surface area contributed by atoms with Gasteiger partial charge in [-0.1, -0.05) is 45.0 Å². The topological polar surface area (TPSA) is 197 Å². The molecule has 406 valence electrons. The van der Waals surface area contributed by atoms with Gasteiger partial charge in [-0.15, -0.1) is 11.3 Å². The first-order valence-electron chi connectivity index (χ1n) is 26.9. The number of rotatable bonds is 23. The third-order valence-electron chi connectivity index (χ3n) is 14.6. The van der Waals surface area contributed by atoms with Gasteiger partial charge in [0.25, 0.3) is 0 Å². The van der Waals surface area contributed by atoms with Crippen LogP contribution < -0.4 is 20.9 Å². The molecule has 4 aromatic heterocycles. The molecule has 7 heterocycles. The Kier molecular flexibility index (Phi) is 19.2. The molecule has 5 aromatic rings. The van der Waals surface area contributed by atoms with Gasteiger partial charge >= 0.3 is 0 Å². The van der Waals surface area contributed by atoms with Gasteiger partial charge in [0.05, 0.1) is 39.9 Å². The van der Waals surface area contributed by atoms with Crippen LogP contribution in [0.2, 0.25) is 0 Å². The summed E-state index contributed by atoms with van der Waals surface area (Å²) in [5.41, 5.74) is 6.15. The van der Waals surface area contributed by atoms with Crippen LogP contribution in [-0.2, 0) is 35.2 Å². The number of piperazine rings is 1. The Morgan fingerprint density at radius 3 is 2.19 bits per heavy atom. The smallest absolute Gasteiger partial charge is 0.246 e. The van der Waals surface area contributed by atoms with E-state index in [1.165, 1.54) is 0 Å². The van der Waals surface area contributed by atoms with E-state index >= 15 is 0 Å². The van der Waals surface area contributed by atoms with Crippen LogP contribution >= 0.6 is 11.3 Å². The summed E-state index contributed by atoms with van der Waals surface area (Å²) in [4.78, 5) is 74.1. The minimum absolute atomic E-state index is 0.133. The predicted molar refractivity (Wildman–Crippen MR) is 293 cm³/mol. The fraction of sp³-hybridized carbons (Fsp3) is 0.600. The van der Waals surface area contributed by atoms with E-state index in [4.69, 9.17) is 24.2 Å². The van der Waals surface area contributed by atoms with Crippen molar-refractivity contribution >= 4 is 57.7 Å². The maximum Gasteiger partial charge on any atom is 0.246 e. The van der Waals surface area contributed by atoms with E-state index < -0.39 is 17.5 Å². The molecule has 1 aromatic carbocycles. The second kappa shape index (κ2) is 25.9. The second-order valence-corrected chi connectivity index (χ2v) is 22.4. The SMILES string of the molecule is COC1CCN(c2nccc(Nc3cc4c(cn3)nc(COCCCN3CCN(CCCOCC(=O)NC(C(=O)N5CCCC5C(=O)NC(C)c5ccc(-c6scnc6C)cc5)C(C)(C)C)CC3)n4C(C)C)n2)CC1. The van der Waals surface area contributed by atoms with Crippen molar-refractivity contribution in [2.45, 2.75) is 124 Å². The predicted octanol–water partition coefficient (Wildman–Crippen LogP) is 6.92. The summed E-state index contributed by atoms with van der Waals surface area (Å²) in [6.07, 6.45) is 8.81. The number of likely N-dealkylation sites (tertiary alicyclic amines) is 1. The lowest BCUT2D eigenvalue weighted by molar-refractivity contribution is -0.144. The maximum atomic E-state index is 14.1. The molecule has 3 unspecified atom stereocenters. The number of anilines is 3. The van der Waals surface area contributed by atoms with E-state index in [9.17, 15) is 14.4 Å². The van der Waals surface area contributed by atoms with Crippen molar-refractivity contribution in [3.63, 3.8) is 0 Å². The van der Waals surface area contributed by atoms with Crippen LogP contribution in [0.4, 0.5) is 17.6 Å². The molecule has 3 amide bonds. The lowest BCUT2D eigenvalue weighted by atomic mass is 9.85. The molecule has 0 radical (unpaired) electrons. The number of carbonyl (C=O) groups excluding carboxylic acids is 3.